The molecule has 3 nitrogen and oxygen atoms in total. The molecule has 0 aliphatic rings. The molecule has 120 valence electrons. The summed E-state index contributed by atoms with van der Waals surface area (Å²) in [6.45, 7) is 0.515. The molecule has 2 aromatic carbocycles. The van der Waals surface area contributed by atoms with Gasteiger partial charge in [0.05, 0.1) is 0 Å². The summed E-state index contributed by atoms with van der Waals surface area (Å²) in [6, 6.07) is 22.1. The Morgan fingerprint density at radius 2 is 1.58 bits per heavy atom. The molecule has 0 spiro atoms. The van der Waals surface area contributed by atoms with Gasteiger partial charge in [-0.25, -0.2) is 0 Å². The Bertz CT molecular complexity index is 791. The average Bonchev–Trinajstić information content (AvgIpc) is 2.66. The van der Waals surface area contributed by atoms with E-state index in [0.717, 1.165) is 20.9 Å². The molecule has 1 aromatic heterocycles. The zero-order valence-electron chi connectivity index (χ0n) is 13.2. The Hall–Kier alpha value is -2.42. The zero-order valence-corrected chi connectivity index (χ0v) is 14.9. The molecule has 0 bridgehead atoms. The zero-order chi connectivity index (χ0) is 16.6. The van der Waals surface area contributed by atoms with E-state index in [1.54, 1.807) is 12.4 Å². The number of pyridine rings is 1. The first-order valence-electron chi connectivity index (χ1n) is 7.76. The molecule has 0 aliphatic carbocycles. The van der Waals surface area contributed by atoms with Gasteiger partial charge in [0.2, 0.25) is 0 Å². The van der Waals surface area contributed by atoms with Crippen LogP contribution in [0.2, 0.25) is 0 Å². The van der Waals surface area contributed by atoms with Crippen molar-refractivity contribution in [3.05, 3.63) is 95.8 Å². The second-order valence-electron chi connectivity index (χ2n) is 5.31. The SMILES string of the molecule is O=C(NCc1ccncc1)c1ccccc1[Se]Cc1ccccc1. The molecule has 0 unspecified atom stereocenters. The van der Waals surface area contributed by atoms with Gasteiger partial charge in [0, 0.05) is 0 Å². The van der Waals surface area contributed by atoms with Crippen LogP contribution in [0.4, 0.5) is 0 Å². The summed E-state index contributed by atoms with van der Waals surface area (Å²) in [4.78, 5) is 16.5. The Balaban J connectivity index is 1.65. The molecule has 3 rings (SSSR count). The van der Waals surface area contributed by atoms with E-state index in [1.807, 2.05) is 36.4 Å². The second-order valence-corrected chi connectivity index (χ2v) is 7.44. The molecule has 24 heavy (non-hydrogen) atoms. The summed E-state index contributed by atoms with van der Waals surface area (Å²) in [5.41, 5.74) is 3.14. The number of carbonyl (C=O) groups excluding carboxylic acids is 1. The molecule has 0 saturated heterocycles. The molecule has 0 aliphatic heterocycles. The summed E-state index contributed by atoms with van der Waals surface area (Å²) < 4.78 is 1.14. The quantitative estimate of drug-likeness (QED) is 0.667. The molecule has 0 atom stereocenters. The van der Waals surface area contributed by atoms with Crippen molar-refractivity contribution in [2.24, 2.45) is 0 Å². The van der Waals surface area contributed by atoms with Crippen LogP contribution in [-0.2, 0) is 11.9 Å². The van der Waals surface area contributed by atoms with Crippen molar-refractivity contribution in [1.29, 1.82) is 0 Å². The van der Waals surface area contributed by atoms with Crippen LogP contribution >= 0.6 is 0 Å². The van der Waals surface area contributed by atoms with Crippen molar-refractivity contribution < 1.29 is 4.79 Å². The van der Waals surface area contributed by atoms with Crippen molar-refractivity contribution in [3.8, 4) is 0 Å². The van der Waals surface area contributed by atoms with Gasteiger partial charge < -0.3 is 0 Å². The molecule has 1 heterocycles. The van der Waals surface area contributed by atoms with Crippen LogP contribution in [0.5, 0.6) is 0 Å². The number of carbonyl (C=O) groups is 1. The number of rotatable bonds is 6. The van der Waals surface area contributed by atoms with Crippen molar-refractivity contribution in [2.75, 3.05) is 0 Å². The molecule has 1 amide bonds. The number of amides is 1. The molecule has 4 heteroatoms. The average molecular weight is 381 g/mol. The van der Waals surface area contributed by atoms with Gasteiger partial charge in [0.15, 0.2) is 0 Å². The number of hydrogen-bond donors (Lipinski definition) is 1. The Labute approximate surface area is 148 Å². The summed E-state index contributed by atoms with van der Waals surface area (Å²) in [5, 5.41) is 3.99. The fraction of sp³-hybridized carbons (Fsp3) is 0.100. The third-order valence-electron chi connectivity index (χ3n) is 3.57. The summed E-state index contributed by atoms with van der Waals surface area (Å²) >= 11 is 0.228. The summed E-state index contributed by atoms with van der Waals surface area (Å²) in [7, 11) is 0. The maximum absolute atomic E-state index is 12.5. The standard InChI is InChI=1S/C20H18N2OSe/c23-20(22-14-16-10-12-21-13-11-16)18-8-4-5-9-19(18)24-15-17-6-2-1-3-7-17/h1-13H,14-15H2,(H,22,23). The van der Waals surface area contributed by atoms with E-state index in [1.165, 1.54) is 5.56 Å². The van der Waals surface area contributed by atoms with Crippen molar-refractivity contribution in [1.82, 2.24) is 10.3 Å². The van der Waals surface area contributed by atoms with Gasteiger partial charge in [0.1, 0.15) is 0 Å². The predicted octanol–water partition coefficient (Wildman–Crippen LogP) is 2.54. The van der Waals surface area contributed by atoms with Gasteiger partial charge in [-0.05, 0) is 0 Å². The van der Waals surface area contributed by atoms with Gasteiger partial charge in [0.25, 0.3) is 0 Å². The second kappa shape index (κ2) is 8.44. The number of nitrogens with one attached hydrogen (secondary N) is 1. The number of nitrogens with zero attached hydrogens (tertiary/aromatic N) is 1. The fourth-order valence-electron chi connectivity index (χ4n) is 2.29. The Kier molecular flexibility index (Phi) is 5.78. The van der Waals surface area contributed by atoms with Crippen LogP contribution in [0.3, 0.4) is 0 Å². The van der Waals surface area contributed by atoms with Gasteiger partial charge in [-0.3, -0.25) is 0 Å². The minimum atomic E-state index is -0.0163. The number of hydrogen-bond acceptors (Lipinski definition) is 2. The maximum atomic E-state index is 12.5. The van der Waals surface area contributed by atoms with Crippen LogP contribution in [0.15, 0.2) is 79.1 Å². The number of aromatic nitrogens is 1. The van der Waals surface area contributed by atoms with Crippen LogP contribution in [-0.4, -0.2) is 25.8 Å². The molecule has 1 N–H and O–H groups in total. The van der Waals surface area contributed by atoms with Gasteiger partial charge in [-0.15, -0.1) is 0 Å². The van der Waals surface area contributed by atoms with Crippen molar-refractivity contribution >= 4 is 25.3 Å². The van der Waals surface area contributed by atoms with Crippen molar-refractivity contribution in [3.63, 3.8) is 0 Å². The van der Waals surface area contributed by atoms with Gasteiger partial charge in [-0.1, -0.05) is 0 Å². The molecular formula is C20H18N2OSe. The molecular weight excluding hydrogens is 363 g/mol. The first-order chi connectivity index (χ1) is 11.8. The van der Waals surface area contributed by atoms with Crippen LogP contribution in [0.25, 0.3) is 0 Å². The first-order valence-corrected chi connectivity index (χ1v) is 9.82. The fourth-order valence-corrected chi connectivity index (χ4v) is 4.40. The van der Waals surface area contributed by atoms with Crippen LogP contribution in [0, 0.1) is 0 Å². The normalized spacial score (nSPS) is 10.3. The summed E-state index contributed by atoms with van der Waals surface area (Å²) in [5.74, 6) is -0.0163. The van der Waals surface area contributed by atoms with E-state index in [-0.39, 0.29) is 20.9 Å². The van der Waals surface area contributed by atoms with Gasteiger partial charge in [-0.2, -0.15) is 0 Å². The van der Waals surface area contributed by atoms with Crippen LogP contribution in [0.1, 0.15) is 21.5 Å². The predicted molar refractivity (Wildman–Crippen MR) is 97.4 cm³/mol. The monoisotopic (exact) mass is 382 g/mol. The van der Waals surface area contributed by atoms with Crippen molar-refractivity contribution in [2.45, 2.75) is 11.9 Å². The topological polar surface area (TPSA) is 42.0 Å². The molecule has 0 saturated carbocycles. The molecule has 0 fully saturated rings. The van der Waals surface area contributed by atoms with E-state index in [2.05, 4.69) is 40.6 Å². The van der Waals surface area contributed by atoms with E-state index in [0.29, 0.717) is 6.54 Å². The first kappa shape index (κ1) is 16.4. The Morgan fingerprint density at radius 3 is 2.38 bits per heavy atom. The van der Waals surface area contributed by atoms with E-state index >= 15 is 0 Å². The third-order valence-corrected chi connectivity index (χ3v) is 5.97. The summed E-state index contributed by atoms with van der Waals surface area (Å²) in [6.07, 6.45) is 3.47. The van der Waals surface area contributed by atoms with Gasteiger partial charge >= 0.3 is 148 Å². The minimum absolute atomic E-state index is 0.0163. The molecule has 3 aromatic rings. The molecule has 0 radical (unpaired) electrons. The number of benzene rings is 2. The Morgan fingerprint density at radius 1 is 0.875 bits per heavy atom. The third kappa shape index (κ3) is 4.54. The van der Waals surface area contributed by atoms with E-state index in [9.17, 15) is 4.79 Å². The van der Waals surface area contributed by atoms with E-state index in [4.69, 9.17) is 0 Å². The van der Waals surface area contributed by atoms with E-state index < -0.39 is 0 Å². The van der Waals surface area contributed by atoms with Crippen LogP contribution < -0.4 is 9.78 Å².